The number of carbonyl (C=O) groups is 1. The molecule has 1 aromatic carbocycles. The molecule has 2 N–H and O–H groups in total. The lowest BCUT2D eigenvalue weighted by molar-refractivity contribution is 0.0999. The summed E-state index contributed by atoms with van der Waals surface area (Å²) in [6.45, 7) is 8.44. The predicted molar refractivity (Wildman–Crippen MR) is 77.6 cm³/mol. The van der Waals surface area contributed by atoms with Crippen LogP contribution in [0.1, 0.15) is 61.0 Å². The van der Waals surface area contributed by atoms with Crippen LogP contribution in [0.15, 0.2) is 18.2 Å². The van der Waals surface area contributed by atoms with E-state index < -0.39 is 0 Å². The number of hydrogen-bond acceptors (Lipinski definition) is 1. The molecule has 0 saturated carbocycles. The maximum atomic E-state index is 11.3. The zero-order valence-corrected chi connectivity index (χ0v) is 12.3. The molecule has 0 radical (unpaired) electrons. The van der Waals surface area contributed by atoms with Gasteiger partial charge in [0.25, 0.3) is 0 Å². The maximum Gasteiger partial charge on any atom is 0.248 e. The highest BCUT2D eigenvalue weighted by molar-refractivity contribution is 5.95. The fourth-order valence-corrected chi connectivity index (χ4v) is 1.95. The maximum absolute atomic E-state index is 11.3. The van der Waals surface area contributed by atoms with E-state index in [2.05, 4.69) is 33.8 Å². The van der Waals surface area contributed by atoms with Crippen molar-refractivity contribution in [1.29, 1.82) is 0 Å². The number of primary amides is 1. The van der Waals surface area contributed by atoms with Gasteiger partial charge in [-0.1, -0.05) is 39.8 Å². The Kier molecular flexibility index (Phi) is 8.29. The smallest absolute Gasteiger partial charge is 0.248 e. The summed E-state index contributed by atoms with van der Waals surface area (Å²) in [5, 5.41) is 0. The van der Waals surface area contributed by atoms with Gasteiger partial charge in [-0.3, -0.25) is 4.79 Å². The minimum absolute atomic E-state index is 0. The Morgan fingerprint density at radius 1 is 1.06 bits per heavy atom. The molecule has 98 valence electrons. The largest absolute Gasteiger partial charge is 0.366 e. The first kappa shape index (κ1) is 18.6. The SMILES string of the molecule is CC(C)c1cccc(C(N)=O)c1C(C)C.Cl.Cl. The first-order chi connectivity index (χ1) is 6.95. The third-order valence-electron chi connectivity index (χ3n) is 2.60. The van der Waals surface area contributed by atoms with E-state index in [0.717, 1.165) is 5.56 Å². The highest BCUT2D eigenvalue weighted by Crippen LogP contribution is 2.28. The van der Waals surface area contributed by atoms with Crippen molar-refractivity contribution in [2.45, 2.75) is 39.5 Å². The third kappa shape index (κ3) is 4.21. The van der Waals surface area contributed by atoms with Crippen molar-refractivity contribution >= 4 is 30.7 Å². The Morgan fingerprint density at radius 2 is 1.59 bits per heavy atom. The summed E-state index contributed by atoms with van der Waals surface area (Å²) < 4.78 is 0. The van der Waals surface area contributed by atoms with E-state index in [4.69, 9.17) is 5.73 Å². The summed E-state index contributed by atoms with van der Waals surface area (Å²) in [5.74, 6) is 0.411. The summed E-state index contributed by atoms with van der Waals surface area (Å²) in [7, 11) is 0. The van der Waals surface area contributed by atoms with Gasteiger partial charge in [-0.2, -0.15) is 0 Å². The summed E-state index contributed by atoms with van der Waals surface area (Å²) in [4.78, 5) is 11.3. The van der Waals surface area contributed by atoms with Gasteiger partial charge in [0, 0.05) is 5.56 Å². The lowest BCUT2D eigenvalue weighted by Gasteiger charge is -2.18. The first-order valence-corrected chi connectivity index (χ1v) is 5.37. The van der Waals surface area contributed by atoms with Crippen LogP contribution in [0.4, 0.5) is 0 Å². The second-order valence-corrected chi connectivity index (χ2v) is 4.48. The van der Waals surface area contributed by atoms with Crippen LogP contribution in [-0.2, 0) is 0 Å². The van der Waals surface area contributed by atoms with Gasteiger partial charge in [-0.15, -0.1) is 24.8 Å². The van der Waals surface area contributed by atoms with Crippen molar-refractivity contribution in [3.05, 3.63) is 34.9 Å². The van der Waals surface area contributed by atoms with Crippen molar-refractivity contribution in [3.8, 4) is 0 Å². The number of nitrogens with two attached hydrogens (primary N) is 1. The summed E-state index contributed by atoms with van der Waals surface area (Å²) in [6, 6.07) is 5.79. The van der Waals surface area contributed by atoms with Crippen LogP contribution in [0.25, 0.3) is 0 Å². The standard InChI is InChI=1S/C13H19NO.2ClH/c1-8(2)10-6-5-7-11(13(14)15)12(10)9(3)4;;/h5-9H,1-4H3,(H2,14,15);2*1H. The van der Waals surface area contributed by atoms with Gasteiger partial charge in [0.15, 0.2) is 0 Å². The average Bonchev–Trinajstić information content (AvgIpc) is 2.16. The van der Waals surface area contributed by atoms with Crippen molar-refractivity contribution in [2.75, 3.05) is 0 Å². The molecule has 0 bridgehead atoms. The van der Waals surface area contributed by atoms with E-state index in [1.807, 2.05) is 12.1 Å². The lowest BCUT2D eigenvalue weighted by atomic mass is 9.87. The van der Waals surface area contributed by atoms with E-state index in [1.165, 1.54) is 5.56 Å². The zero-order valence-electron chi connectivity index (χ0n) is 10.7. The van der Waals surface area contributed by atoms with Gasteiger partial charge in [0.1, 0.15) is 0 Å². The molecular formula is C13H21Cl2NO. The topological polar surface area (TPSA) is 43.1 Å². The average molecular weight is 278 g/mol. The number of carbonyl (C=O) groups excluding carboxylic acids is 1. The van der Waals surface area contributed by atoms with Crippen LogP contribution in [-0.4, -0.2) is 5.91 Å². The lowest BCUT2D eigenvalue weighted by Crippen LogP contribution is -2.16. The molecule has 4 heteroatoms. The Labute approximate surface area is 116 Å². The molecular weight excluding hydrogens is 257 g/mol. The molecule has 0 aliphatic heterocycles. The molecule has 0 aliphatic rings. The van der Waals surface area contributed by atoms with E-state index in [0.29, 0.717) is 17.4 Å². The van der Waals surface area contributed by atoms with Crippen LogP contribution in [0.3, 0.4) is 0 Å². The van der Waals surface area contributed by atoms with Gasteiger partial charge in [-0.05, 0) is 29.0 Å². The number of benzene rings is 1. The fourth-order valence-electron chi connectivity index (χ4n) is 1.95. The van der Waals surface area contributed by atoms with Crippen LogP contribution in [0.5, 0.6) is 0 Å². The Morgan fingerprint density at radius 3 is 1.94 bits per heavy atom. The number of amides is 1. The molecule has 0 heterocycles. The van der Waals surface area contributed by atoms with Gasteiger partial charge in [0.05, 0.1) is 0 Å². The Hall–Kier alpha value is -0.730. The first-order valence-electron chi connectivity index (χ1n) is 5.37. The second-order valence-electron chi connectivity index (χ2n) is 4.48. The van der Waals surface area contributed by atoms with Gasteiger partial charge in [0.2, 0.25) is 5.91 Å². The number of hydrogen-bond donors (Lipinski definition) is 1. The molecule has 2 nitrogen and oxygen atoms in total. The molecule has 0 atom stereocenters. The molecule has 1 amide bonds. The fraction of sp³-hybridized carbons (Fsp3) is 0.462. The Bertz CT molecular complexity index is 376. The molecule has 1 rings (SSSR count). The van der Waals surface area contributed by atoms with Crippen LogP contribution in [0.2, 0.25) is 0 Å². The van der Waals surface area contributed by atoms with Crippen LogP contribution in [0, 0.1) is 0 Å². The normalized spacial score (nSPS) is 9.76. The van der Waals surface area contributed by atoms with Crippen molar-refractivity contribution in [3.63, 3.8) is 0 Å². The molecule has 17 heavy (non-hydrogen) atoms. The molecule has 0 fully saturated rings. The molecule has 0 aromatic heterocycles. The van der Waals surface area contributed by atoms with E-state index >= 15 is 0 Å². The molecule has 0 saturated heterocycles. The van der Waals surface area contributed by atoms with Crippen molar-refractivity contribution in [1.82, 2.24) is 0 Å². The molecule has 0 unspecified atom stereocenters. The predicted octanol–water partition coefficient (Wildman–Crippen LogP) is 3.88. The summed E-state index contributed by atoms with van der Waals surface area (Å²) >= 11 is 0. The van der Waals surface area contributed by atoms with Crippen molar-refractivity contribution < 1.29 is 4.79 Å². The van der Waals surface area contributed by atoms with Gasteiger partial charge < -0.3 is 5.73 Å². The minimum Gasteiger partial charge on any atom is -0.366 e. The van der Waals surface area contributed by atoms with E-state index in [-0.39, 0.29) is 30.7 Å². The molecule has 0 aliphatic carbocycles. The van der Waals surface area contributed by atoms with E-state index in [9.17, 15) is 4.79 Å². The van der Waals surface area contributed by atoms with Crippen LogP contribution >= 0.6 is 24.8 Å². The molecule has 1 aromatic rings. The highest BCUT2D eigenvalue weighted by atomic mass is 35.5. The van der Waals surface area contributed by atoms with Gasteiger partial charge >= 0.3 is 0 Å². The highest BCUT2D eigenvalue weighted by Gasteiger charge is 2.16. The number of halogens is 2. The quantitative estimate of drug-likeness (QED) is 0.895. The second kappa shape index (κ2) is 7.57. The van der Waals surface area contributed by atoms with Crippen molar-refractivity contribution in [2.24, 2.45) is 5.73 Å². The van der Waals surface area contributed by atoms with Gasteiger partial charge in [-0.25, -0.2) is 0 Å². The minimum atomic E-state index is -0.332. The monoisotopic (exact) mass is 277 g/mol. The third-order valence-corrected chi connectivity index (χ3v) is 2.60. The summed E-state index contributed by atoms with van der Waals surface area (Å²) in [5.41, 5.74) is 8.37. The summed E-state index contributed by atoms with van der Waals surface area (Å²) in [6.07, 6.45) is 0. The zero-order chi connectivity index (χ0) is 11.6. The Balaban J connectivity index is 0. The van der Waals surface area contributed by atoms with E-state index in [1.54, 1.807) is 0 Å². The van der Waals surface area contributed by atoms with Crippen LogP contribution < -0.4 is 5.73 Å². The number of rotatable bonds is 3. The molecule has 0 spiro atoms.